The lowest BCUT2D eigenvalue weighted by Gasteiger charge is -2.25. The zero-order chi connectivity index (χ0) is 41.9. The highest BCUT2D eigenvalue weighted by molar-refractivity contribution is 7.26. The fourth-order valence-corrected chi connectivity index (χ4v) is 12.1. The number of hydrogen-bond donors (Lipinski definition) is 0. The molecule has 10 aromatic carbocycles. The first-order valence-electron chi connectivity index (χ1n) is 21.5. The van der Waals surface area contributed by atoms with Crippen molar-refractivity contribution in [3.05, 3.63) is 206 Å². The molecule has 0 unspecified atom stereocenters. The second kappa shape index (κ2) is 13.8. The largest absolute Gasteiger partial charge is 0.456 e. The lowest BCUT2D eigenvalue weighted by Crippen LogP contribution is -2.09. The lowest BCUT2D eigenvalue weighted by molar-refractivity contribution is 0.668. The summed E-state index contributed by atoms with van der Waals surface area (Å²) in [7, 11) is 0. The molecule has 4 heterocycles. The van der Waals surface area contributed by atoms with E-state index in [0.29, 0.717) is 0 Å². The van der Waals surface area contributed by atoms with Crippen LogP contribution in [-0.4, -0.2) is 0 Å². The average molecular weight is 855 g/mol. The Kier molecular flexibility index (Phi) is 7.69. The molecule has 0 aliphatic heterocycles. The molecule has 0 N–H and O–H groups in total. The van der Waals surface area contributed by atoms with Gasteiger partial charge in [0.1, 0.15) is 22.3 Å². The van der Waals surface area contributed by atoms with Crippen LogP contribution in [0.3, 0.4) is 0 Å². The van der Waals surface area contributed by atoms with Crippen molar-refractivity contribution in [2.75, 3.05) is 9.80 Å². The Hall–Kier alpha value is -7.90. The van der Waals surface area contributed by atoms with Gasteiger partial charge >= 0.3 is 0 Å². The molecule has 4 nitrogen and oxygen atoms in total. The molecule has 0 fully saturated rings. The van der Waals surface area contributed by atoms with E-state index in [-0.39, 0.29) is 0 Å². The number of anilines is 6. The summed E-state index contributed by atoms with van der Waals surface area (Å²) in [4.78, 5) is 4.71. The van der Waals surface area contributed by atoms with Crippen LogP contribution in [0.4, 0.5) is 34.1 Å². The van der Waals surface area contributed by atoms with E-state index in [1.54, 1.807) is 0 Å². The molecule has 0 radical (unpaired) electrons. The number of benzene rings is 10. The summed E-state index contributed by atoms with van der Waals surface area (Å²) in [5.74, 6) is 0. The quantitative estimate of drug-likeness (QED) is 0.167. The summed E-state index contributed by atoms with van der Waals surface area (Å²) in [6.45, 7) is 0. The second-order valence-corrected chi connectivity index (χ2v) is 18.6. The normalized spacial score (nSPS) is 12.1. The van der Waals surface area contributed by atoms with Gasteiger partial charge in [0.25, 0.3) is 0 Å². The van der Waals surface area contributed by atoms with Crippen LogP contribution < -0.4 is 9.80 Å². The van der Waals surface area contributed by atoms with Gasteiger partial charge in [0, 0.05) is 96.0 Å². The Morgan fingerprint density at radius 3 is 1.06 bits per heavy atom. The van der Waals surface area contributed by atoms with Gasteiger partial charge in [-0.15, -0.1) is 22.7 Å². The van der Waals surface area contributed by atoms with Crippen molar-refractivity contribution in [2.24, 2.45) is 0 Å². The van der Waals surface area contributed by atoms with Gasteiger partial charge < -0.3 is 18.6 Å². The highest BCUT2D eigenvalue weighted by atomic mass is 32.1. The Labute approximate surface area is 374 Å². The van der Waals surface area contributed by atoms with Gasteiger partial charge in [0.2, 0.25) is 0 Å². The number of thiophene rings is 2. The average Bonchev–Trinajstić information content (AvgIpc) is 4.12. The molecule has 0 atom stereocenters. The number of fused-ring (bicyclic) bond motifs is 15. The van der Waals surface area contributed by atoms with Crippen molar-refractivity contribution < 1.29 is 8.83 Å². The number of para-hydroxylation sites is 2. The van der Waals surface area contributed by atoms with E-state index in [1.807, 2.05) is 22.7 Å². The Bertz CT molecular complexity index is 3890. The predicted octanol–water partition coefficient (Wildman–Crippen LogP) is 18.3. The molecule has 4 aromatic heterocycles. The van der Waals surface area contributed by atoms with E-state index in [1.165, 1.54) is 40.3 Å². The molecule has 0 bridgehead atoms. The van der Waals surface area contributed by atoms with Gasteiger partial charge in [0.15, 0.2) is 0 Å². The SMILES string of the molecule is c1ccc(N(c2ccc3sc4ccccc4c3c2)c2ccc3oc4ccc5c(ccc6oc7ccc(N(c8ccccc8)c8ccc9sc%10ccccc%10c9c8)cc7c65)c4c3c2)cc1. The Morgan fingerprint density at radius 2 is 0.609 bits per heavy atom. The minimum Gasteiger partial charge on any atom is -0.456 e. The smallest absolute Gasteiger partial charge is 0.136 e. The van der Waals surface area contributed by atoms with Crippen LogP contribution in [0.1, 0.15) is 0 Å². The van der Waals surface area contributed by atoms with E-state index >= 15 is 0 Å². The van der Waals surface area contributed by atoms with E-state index in [4.69, 9.17) is 8.83 Å². The van der Waals surface area contributed by atoms with Crippen molar-refractivity contribution in [2.45, 2.75) is 0 Å². The lowest BCUT2D eigenvalue weighted by atomic mass is 9.99. The number of nitrogens with zero attached hydrogens (tertiary/aromatic N) is 2. The van der Waals surface area contributed by atoms with Crippen LogP contribution in [0.5, 0.6) is 0 Å². The highest BCUT2D eigenvalue weighted by Crippen LogP contribution is 2.47. The molecular formula is C58H34N2O2S2. The molecule has 6 heteroatoms. The van der Waals surface area contributed by atoms with E-state index < -0.39 is 0 Å². The molecule has 300 valence electrons. The van der Waals surface area contributed by atoms with Crippen LogP contribution in [0, 0.1) is 0 Å². The summed E-state index contributed by atoms with van der Waals surface area (Å²) >= 11 is 3.68. The molecule has 0 saturated carbocycles. The third kappa shape index (κ3) is 5.40. The minimum absolute atomic E-state index is 0.854. The predicted molar refractivity (Wildman–Crippen MR) is 274 cm³/mol. The molecule has 64 heavy (non-hydrogen) atoms. The first-order chi connectivity index (χ1) is 31.7. The summed E-state index contributed by atoms with van der Waals surface area (Å²) in [6, 6.07) is 74.2. The number of furan rings is 2. The van der Waals surface area contributed by atoms with Gasteiger partial charge in [-0.3, -0.25) is 0 Å². The fraction of sp³-hybridized carbons (Fsp3) is 0. The molecule has 0 amide bonds. The first-order valence-corrected chi connectivity index (χ1v) is 23.1. The van der Waals surface area contributed by atoms with E-state index in [9.17, 15) is 0 Å². The highest BCUT2D eigenvalue weighted by Gasteiger charge is 2.21. The van der Waals surface area contributed by atoms with Gasteiger partial charge in [0.05, 0.1) is 0 Å². The molecule has 14 rings (SSSR count). The third-order valence-corrected chi connectivity index (χ3v) is 15.1. The van der Waals surface area contributed by atoms with E-state index in [2.05, 4.69) is 216 Å². The van der Waals surface area contributed by atoms with Gasteiger partial charge in [-0.05, 0) is 144 Å². The molecular weight excluding hydrogens is 821 g/mol. The van der Waals surface area contributed by atoms with Crippen LogP contribution in [0.2, 0.25) is 0 Å². The van der Waals surface area contributed by atoms with Crippen LogP contribution in [0.15, 0.2) is 215 Å². The summed E-state index contributed by atoms with van der Waals surface area (Å²) in [5.41, 5.74) is 9.94. The molecule has 0 aliphatic rings. The van der Waals surface area contributed by atoms with Gasteiger partial charge in [-0.25, -0.2) is 0 Å². The first kappa shape index (κ1) is 35.7. The molecule has 0 saturated heterocycles. The molecule has 0 spiro atoms. The summed E-state index contributed by atoms with van der Waals surface area (Å²) in [6.07, 6.45) is 0. The summed E-state index contributed by atoms with van der Waals surface area (Å²) in [5, 5.41) is 11.7. The monoisotopic (exact) mass is 854 g/mol. The van der Waals surface area contributed by atoms with Crippen LogP contribution in [0.25, 0.3) is 95.0 Å². The number of rotatable bonds is 6. The summed E-state index contributed by atoms with van der Waals surface area (Å²) < 4.78 is 18.4. The van der Waals surface area contributed by atoms with Crippen molar-refractivity contribution in [3.63, 3.8) is 0 Å². The van der Waals surface area contributed by atoms with Gasteiger partial charge in [-0.2, -0.15) is 0 Å². The van der Waals surface area contributed by atoms with Crippen LogP contribution in [-0.2, 0) is 0 Å². The maximum atomic E-state index is 6.64. The Balaban J connectivity index is 0.953. The molecule has 14 aromatic rings. The van der Waals surface area contributed by atoms with Crippen LogP contribution >= 0.6 is 22.7 Å². The topological polar surface area (TPSA) is 32.8 Å². The zero-order valence-corrected chi connectivity index (χ0v) is 35.8. The van der Waals surface area contributed by atoms with Crippen molar-refractivity contribution in [1.82, 2.24) is 0 Å². The number of hydrogen-bond acceptors (Lipinski definition) is 6. The van der Waals surface area contributed by atoms with Crippen molar-refractivity contribution >= 4 is 152 Å². The zero-order valence-electron chi connectivity index (χ0n) is 34.2. The van der Waals surface area contributed by atoms with Crippen molar-refractivity contribution in [1.29, 1.82) is 0 Å². The van der Waals surface area contributed by atoms with E-state index in [0.717, 1.165) is 88.8 Å². The maximum Gasteiger partial charge on any atom is 0.136 e. The standard InChI is InChI=1S/C58H34N2O2S2/c1-3-11-35(12-4-1)59(39-21-29-55-45(31-39)41-15-7-9-17-53(41)63-55)37-19-25-49-47(33-37)57-43-23-28-52-58(44(43)24-27-51(57)61-49)48-34-38(20-26-50(48)62-52)60(36-13-5-2-6-14-36)40-22-30-56-46(32-40)42-16-8-10-18-54(42)64-56/h1-34H. The second-order valence-electron chi connectivity index (χ2n) is 16.4. The maximum absolute atomic E-state index is 6.64. The Morgan fingerprint density at radius 1 is 0.250 bits per heavy atom. The minimum atomic E-state index is 0.854. The fourth-order valence-electron chi connectivity index (χ4n) is 9.97. The van der Waals surface area contributed by atoms with Gasteiger partial charge in [-0.1, -0.05) is 72.8 Å². The van der Waals surface area contributed by atoms with Crippen molar-refractivity contribution in [3.8, 4) is 0 Å². The molecule has 0 aliphatic carbocycles. The third-order valence-electron chi connectivity index (χ3n) is 12.8.